The number of ether oxygens (including phenoxy) is 1. The molecule has 1 aliphatic rings. The highest BCUT2D eigenvalue weighted by atomic mass is 35.5. The molecule has 3 N–H and O–H groups in total. The molecule has 0 radical (unpaired) electrons. The van der Waals surface area contributed by atoms with Gasteiger partial charge in [-0.05, 0) is 73.5 Å². The lowest BCUT2D eigenvalue weighted by molar-refractivity contribution is -0.137. The number of halogens is 4. The van der Waals surface area contributed by atoms with Gasteiger partial charge in [-0.25, -0.2) is 0 Å². The Morgan fingerprint density at radius 2 is 1.80 bits per heavy atom. The predicted octanol–water partition coefficient (Wildman–Crippen LogP) is 6.72. The van der Waals surface area contributed by atoms with Crippen LogP contribution >= 0.6 is 11.6 Å². The molecular weight excluding hydrogens is 479 g/mol. The van der Waals surface area contributed by atoms with Crippen LogP contribution in [0.2, 0.25) is 5.02 Å². The zero-order valence-electron chi connectivity index (χ0n) is 19.4. The molecule has 0 saturated heterocycles. The van der Waals surface area contributed by atoms with Gasteiger partial charge in [0.25, 0.3) is 5.91 Å². The van der Waals surface area contributed by atoms with E-state index >= 15 is 0 Å². The van der Waals surface area contributed by atoms with E-state index in [-0.39, 0.29) is 18.0 Å². The summed E-state index contributed by atoms with van der Waals surface area (Å²) >= 11 is 6.13. The average molecular weight is 506 g/mol. The van der Waals surface area contributed by atoms with Gasteiger partial charge in [0, 0.05) is 40.8 Å². The third kappa shape index (κ3) is 5.75. The summed E-state index contributed by atoms with van der Waals surface area (Å²) in [4.78, 5) is 12.9. The first-order chi connectivity index (χ1) is 16.7. The normalized spacial score (nSPS) is 18.2. The zero-order valence-corrected chi connectivity index (χ0v) is 20.2. The lowest BCUT2D eigenvalue weighted by Crippen LogP contribution is -2.41. The Bertz CT molecular complexity index is 1230. The minimum Gasteiger partial charge on any atom is -0.495 e. The van der Waals surface area contributed by atoms with E-state index in [1.165, 1.54) is 0 Å². The van der Waals surface area contributed by atoms with E-state index in [2.05, 4.69) is 16.0 Å². The summed E-state index contributed by atoms with van der Waals surface area (Å²) in [6.07, 6.45) is -1.44. The van der Waals surface area contributed by atoms with E-state index in [0.717, 1.165) is 31.4 Å². The highest BCUT2D eigenvalue weighted by Crippen LogP contribution is 2.37. The molecule has 3 aromatic carbocycles. The molecule has 0 aliphatic heterocycles. The highest BCUT2D eigenvalue weighted by molar-refractivity contribution is 6.31. The summed E-state index contributed by atoms with van der Waals surface area (Å²) in [7, 11) is 3.31. The van der Waals surface area contributed by atoms with Crippen LogP contribution in [0.15, 0.2) is 48.5 Å². The number of hydrogen-bond acceptors (Lipinski definition) is 4. The van der Waals surface area contributed by atoms with Gasteiger partial charge < -0.3 is 20.7 Å². The fraction of sp³-hybridized carbons (Fsp3) is 0.346. The predicted molar refractivity (Wildman–Crippen MR) is 134 cm³/mol. The summed E-state index contributed by atoms with van der Waals surface area (Å²) in [6.45, 7) is 0. The number of hydrogen-bond donors (Lipinski definition) is 3. The quantitative estimate of drug-likeness (QED) is 0.348. The van der Waals surface area contributed by atoms with Gasteiger partial charge in [-0.2, -0.15) is 13.2 Å². The van der Waals surface area contributed by atoms with Crippen molar-refractivity contribution < 1.29 is 22.7 Å². The maximum Gasteiger partial charge on any atom is 0.416 e. The molecular formula is C26H27ClF3N3O2. The van der Waals surface area contributed by atoms with Crippen LogP contribution < -0.4 is 20.7 Å². The van der Waals surface area contributed by atoms with Crippen molar-refractivity contribution in [3.05, 3.63) is 64.7 Å². The average Bonchev–Trinajstić information content (AvgIpc) is 2.83. The molecule has 9 heteroatoms. The molecule has 0 heterocycles. The molecule has 0 bridgehead atoms. The second kappa shape index (κ2) is 10.2. The molecule has 1 aliphatic carbocycles. The van der Waals surface area contributed by atoms with E-state index in [1.54, 1.807) is 50.6 Å². The maximum atomic E-state index is 13.5. The minimum absolute atomic E-state index is 0.0940. The number of carbonyl (C=O) groups is 1. The molecule has 1 amide bonds. The van der Waals surface area contributed by atoms with Crippen LogP contribution in [-0.4, -0.2) is 32.1 Å². The van der Waals surface area contributed by atoms with Crippen molar-refractivity contribution in [2.75, 3.05) is 24.8 Å². The van der Waals surface area contributed by atoms with Gasteiger partial charge in [0.2, 0.25) is 0 Å². The van der Waals surface area contributed by atoms with Crippen LogP contribution in [0.25, 0.3) is 10.8 Å². The monoisotopic (exact) mass is 505 g/mol. The molecule has 2 atom stereocenters. The van der Waals surface area contributed by atoms with Crippen molar-refractivity contribution in [2.24, 2.45) is 0 Å². The van der Waals surface area contributed by atoms with E-state index in [1.807, 2.05) is 0 Å². The number of carbonyl (C=O) groups excluding carboxylic acids is 1. The molecule has 0 spiro atoms. The first-order valence-corrected chi connectivity index (χ1v) is 11.8. The third-order valence-electron chi connectivity index (χ3n) is 6.34. The molecule has 186 valence electrons. The van der Waals surface area contributed by atoms with E-state index in [9.17, 15) is 18.0 Å². The molecule has 1 saturated carbocycles. The molecule has 35 heavy (non-hydrogen) atoms. The smallest absolute Gasteiger partial charge is 0.416 e. The Hall–Kier alpha value is -3.13. The molecule has 4 rings (SSSR count). The third-order valence-corrected chi connectivity index (χ3v) is 6.58. The standard InChI is InChI=1S/C26H27ClF3N3O2/c1-31-23-11-16(7-9-24(23)35-2)25(34)33-20-5-3-4-19(14-20)32-22-12-17(26(28,29)30)10-15-6-8-18(27)13-21(15)22/h6-13,19-20,31-32H,3-5,14H2,1-2H3,(H,33,34)/t19-,20+/m0/s1. The van der Waals surface area contributed by atoms with Crippen LogP contribution in [-0.2, 0) is 6.18 Å². The van der Waals surface area contributed by atoms with E-state index in [4.69, 9.17) is 16.3 Å². The van der Waals surface area contributed by atoms with Crippen molar-refractivity contribution in [3.63, 3.8) is 0 Å². The van der Waals surface area contributed by atoms with Crippen LogP contribution in [0.4, 0.5) is 24.5 Å². The Balaban J connectivity index is 1.51. The van der Waals surface area contributed by atoms with E-state index in [0.29, 0.717) is 44.9 Å². The summed E-state index contributed by atoms with van der Waals surface area (Å²) < 4.78 is 45.8. The fourth-order valence-corrected chi connectivity index (χ4v) is 4.77. The van der Waals surface area contributed by atoms with Crippen molar-refractivity contribution in [1.82, 2.24) is 5.32 Å². The first-order valence-electron chi connectivity index (χ1n) is 11.4. The first kappa shape index (κ1) is 25.0. The van der Waals surface area contributed by atoms with Crippen molar-refractivity contribution in [1.29, 1.82) is 0 Å². The number of anilines is 2. The topological polar surface area (TPSA) is 62.4 Å². The zero-order chi connectivity index (χ0) is 25.2. The largest absolute Gasteiger partial charge is 0.495 e. The van der Waals surface area contributed by atoms with Gasteiger partial charge in [-0.3, -0.25) is 4.79 Å². The van der Waals surface area contributed by atoms with Gasteiger partial charge in [0.1, 0.15) is 5.75 Å². The van der Waals surface area contributed by atoms with Gasteiger partial charge in [-0.1, -0.05) is 17.7 Å². The molecule has 1 fully saturated rings. The second-order valence-electron chi connectivity index (χ2n) is 8.73. The molecule has 0 unspecified atom stereocenters. The van der Waals surface area contributed by atoms with Gasteiger partial charge >= 0.3 is 6.18 Å². The lowest BCUT2D eigenvalue weighted by atomic mass is 9.90. The second-order valence-corrected chi connectivity index (χ2v) is 9.17. The van der Waals surface area contributed by atoms with Crippen LogP contribution in [0.3, 0.4) is 0 Å². The highest BCUT2D eigenvalue weighted by Gasteiger charge is 2.32. The Kier molecular flexibility index (Phi) is 7.31. The van der Waals surface area contributed by atoms with Gasteiger partial charge in [-0.15, -0.1) is 0 Å². The number of nitrogens with one attached hydrogen (secondary N) is 3. The number of amides is 1. The van der Waals surface area contributed by atoms with Crippen LogP contribution in [0.1, 0.15) is 41.6 Å². The van der Waals surface area contributed by atoms with Crippen molar-refractivity contribution >= 4 is 39.7 Å². The fourth-order valence-electron chi connectivity index (χ4n) is 4.60. The summed E-state index contributed by atoms with van der Waals surface area (Å²) in [5.41, 5.74) is 0.889. The molecule has 5 nitrogen and oxygen atoms in total. The summed E-state index contributed by atoms with van der Waals surface area (Å²) in [5.74, 6) is 0.436. The SMILES string of the molecule is CNc1cc(C(=O)N[C@@H]2CCC[C@H](Nc3cc(C(F)(F)F)cc4ccc(Cl)cc34)C2)ccc1OC. The lowest BCUT2D eigenvalue weighted by Gasteiger charge is -2.31. The number of alkyl halides is 3. The number of rotatable bonds is 6. The van der Waals surface area contributed by atoms with E-state index < -0.39 is 11.7 Å². The van der Waals surface area contributed by atoms with Crippen molar-refractivity contribution in [3.8, 4) is 5.75 Å². The summed E-state index contributed by atoms with van der Waals surface area (Å²) in [5, 5.41) is 10.9. The maximum absolute atomic E-state index is 13.5. The van der Waals surface area contributed by atoms with Crippen LogP contribution in [0, 0.1) is 0 Å². The molecule has 3 aromatic rings. The van der Waals surface area contributed by atoms with Gasteiger partial charge in [0.05, 0.1) is 18.4 Å². The number of benzene rings is 3. The summed E-state index contributed by atoms with van der Waals surface area (Å²) in [6, 6.07) is 12.1. The minimum atomic E-state index is -4.46. The number of methoxy groups -OCH3 is 1. The van der Waals surface area contributed by atoms with Crippen molar-refractivity contribution in [2.45, 2.75) is 43.9 Å². The Morgan fingerprint density at radius 3 is 2.51 bits per heavy atom. The van der Waals surface area contributed by atoms with Crippen LogP contribution in [0.5, 0.6) is 5.75 Å². The number of fused-ring (bicyclic) bond motifs is 1. The Morgan fingerprint density at radius 1 is 1.03 bits per heavy atom. The molecule has 0 aromatic heterocycles. The van der Waals surface area contributed by atoms with Gasteiger partial charge in [0.15, 0.2) is 0 Å². The Labute approximate surface area is 207 Å².